The summed E-state index contributed by atoms with van der Waals surface area (Å²) in [4.78, 5) is 11.1. The molecule has 0 amide bonds. The predicted molar refractivity (Wildman–Crippen MR) is 66.4 cm³/mol. The molecule has 0 aliphatic heterocycles. The van der Waals surface area contributed by atoms with E-state index >= 15 is 0 Å². The number of carbonyl (C=O) groups excluding carboxylic acids is 1. The van der Waals surface area contributed by atoms with E-state index < -0.39 is 11.0 Å². The lowest BCUT2D eigenvalue weighted by Crippen LogP contribution is -2.38. The van der Waals surface area contributed by atoms with Crippen LogP contribution in [0.15, 0.2) is 0 Å². The zero-order valence-electron chi connectivity index (χ0n) is 10.8. The van der Waals surface area contributed by atoms with E-state index in [2.05, 4.69) is 4.72 Å². The van der Waals surface area contributed by atoms with Crippen LogP contribution in [0, 0.1) is 0 Å². The minimum Gasteiger partial charge on any atom is -0.466 e. The third-order valence-corrected chi connectivity index (χ3v) is 3.68. The van der Waals surface area contributed by atoms with Gasteiger partial charge in [-0.25, -0.2) is 8.93 Å². The summed E-state index contributed by atoms with van der Waals surface area (Å²) in [5.41, 5.74) is 0. The molecule has 0 saturated carbocycles. The van der Waals surface area contributed by atoms with Crippen LogP contribution in [0.2, 0.25) is 0 Å². The second kappa shape index (κ2) is 7.01. The fourth-order valence-electron chi connectivity index (χ4n) is 0.986. The van der Waals surface area contributed by atoms with E-state index in [0.29, 0.717) is 19.4 Å². The monoisotopic (exact) mass is 249 g/mol. The van der Waals surface area contributed by atoms with Crippen molar-refractivity contribution < 1.29 is 13.7 Å². The van der Waals surface area contributed by atoms with Crippen LogP contribution in [0.3, 0.4) is 0 Å². The predicted octanol–water partition coefficient (Wildman–Crippen LogP) is 1.77. The molecule has 0 fully saturated rings. The highest BCUT2D eigenvalue weighted by Gasteiger charge is 2.21. The normalized spacial score (nSPS) is 15.6. The summed E-state index contributed by atoms with van der Waals surface area (Å²) in [6.45, 7) is 9.85. The quantitative estimate of drug-likeness (QED) is 0.730. The first-order valence-corrected chi connectivity index (χ1v) is 6.76. The summed E-state index contributed by atoms with van der Waals surface area (Å²) in [5, 5.41) is 0. The standard InChI is InChI=1S/C11H23NO3S/c1-6-15-10(13)8-7-9(2)12-16(14)11(3,4)5/h9,12H,6-8H2,1-5H3/t9-,16-/m1/s1. The molecule has 0 unspecified atom stereocenters. The van der Waals surface area contributed by atoms with Crippen LogP contribution in [0.25, 0.3) is 0 Å². The van der Waals surface area contributed by atoms with Crippen molar-refractivity contribution in [1.82, 2.24) is 4.72 Å². The topological polar surface area (TPSA) is 55.4 Å². The van der Waals surface area contributed by atoms with E-state index in [9.17, 15) is 9.00 Å². The van der Waals surface area contributed by atoms with Crippen LogP contribution in [-0.4, -0.2) is 27.6 Å². The van der Waals surface area contributed by atoms with Gasteiger partial charge in [0.25, 0.3) is 0 Å². The highest BCUT2D eigenvalue weighted by molar-refractivity contribution is 7.84. The number of nitrogens with one attached hydrogen (secondary N) is 1. The molecule has 0 rings (SSSR count). The Morgan fingerprint density at radius 3 is 2.44 bits per heavy atom. The number of hydrogen-bond donors (Lipinski definition) is 1. The van der Waals surface area contributed by atoms with Crippen molar-refractivity contribution in [2.75, 3.05) is 6.61 Å². The van der Waals surface area contributed by atoms with Crippen molar-refractivity contribution in [3.63, 3.8) is 0 Å². The van der Waals surface area contributed by atoms with Gasteiger partial charge < -0.3 is 4.74 Å². The van der Waals surface area contributed by atoms with Crippen molar-refractivity contribution >= 4 is 17.0 Å². The zero-order chi connectivity index (χ0) is 12.8. The molecule has 4 nitrogen and oxygen atoms in total. The Kier molecular flexibility index (Phi) is 6.83. The first kappa shape index (κ1) is 15.6. The lowest BCUT2D eigenvalue weighted by molar-refractivity contribution is -0.143. The number of esters is 1. The van der Waals surface area contributed by atoms with Crippen molar-refractivity contribution in [2.45, 2.75) is 58.2 Å². The average Bonchev–Trinajstić information content (AvgIpc) is 2.13. The molecule has 16 heavy (non-hydrogen) atoms. The molecule has 0 heterocycles. The van der Waals surface area contributed by atoms with E-state index in [-0.39, 0.29) is 16.8 Å². The zero-order valence-corrected chi connectivity index (χ0v) is 11.6. The SMILES string of the molecule is CCOC(=O)CC[C@@H](C)N[S@](=O)C(C)(C)C. The molecular weight excluding hydrogens is 226 g/mol. The fourth-order valence-corrected chi connectivity index (χ4v) is 1.82. The Morgan fingerprint density at radius 1 is 1.44 bits per heavy atom. The van der Waals surface area contributed by atoms with E-state index in [1.54, 1.807) is 6.92 Å². The minimum absolute atomic E-state index is 0.0458. The molecular formula is C11H23NO3S. The first-order valence-electron chi connectivity index (χ1n) is 5.61. The number of carbonyl (C=O) groups is 1. The van der Waals surface area contributed by atoms with E-state index in [0.717, 1.165) is 0 Å². The molecule has 0 bridgehead atoms. The van der Waals surface area contributed by atoms with Gasteiger partial charge in [-0.05, 0) is 41.0 Å². The van der Waals surface area contributed by atoms with Crippen LogP contribution < -0.4 is 4.72 Å². The summed E-state index contributed by atoms with van der Waals surface area (Å²) in [6.07, 6.45) is 1.00. The summed E-state index contributed by atoms with van der Waals surface area (Å²) in [5.74, 6) is -0.197. The highest BCUT2D eigenvalue weighted by atomic mass is 32.2. The maximum Gasteiger partial charge on any atom is 0.305 e. The molecule has 0 aliphatic rings. The van der Waals surface area contributed by atoms with Crippen LogP contribution in [-0.2, 0) is 20.5 Å². The van der Waals surface area contributed by atoms with Crippen molar-refractivity contribution in [1.29, 1.82) is 0 Å². The molecule has 0 aromatic rings. The van der Waals surface area contributed by atoms with E-state index in [4.69, 9.17) is 4.74 Å². The third-order valence-electron chi connectivity index (χ3n) is 1.95. The summed E-state index contributed by atoms with van der Waals surface area (Å²) in [7, 11) is -1.09. The van der Waals surface area contributed by atoms with Crippen molar-refractivity contribution in [3.05, 3.63) is 0 Å². The Bertz CT molecular complexity index is 248. The van der Waals surface area contributed by atoms with Gasteiger partial charge in [0.1, 0.15) is 0 Å². The first-order chi connectivity index (χ1) is 7.27. The minimum atomic E-state index is -1.09. The van der Waals surface area contributed by atoms with E-state index in [1.807, 2.05) is 27.7 Å². The van der Waals surface area contributed by atoms with Gasteiger partial charge in [-0.1, -0.05) is 0 Å². The van der Waals surface area contributed by atoms with Gasteiger partial charge in [-0.3, -0.25) is 4.79 Å². The molecule has 0 aromatic carbocycles. The molecule has 0 aliphatic carbocycles. The van der Waals surface area contributed by atoms with Gasteiger partial charge in [0.15, 0.2) is 0 Å². The summed E-state index contributed by atoms with van der Waals surface area (Å²) in [6, 6.07) is 0.0458. The van der Waals surface area contributed by atoms with Gasteiger partial charge in [0, 0.05) is 12.5 Å². The number of rotatable bonds is 6. The summed E-state index contributed by atoms with van der Waals surface area (Å²) >= 11 is 0. The Labute approximate surface area is 101 Å². The molecule has 1 N–H and O–H groups in total. The maximum absolute atomic E-state index is 11.7. The lowest BCUT2D eigenvalue weighted by atomic mass is 10.2. The molecule has 2 atom stereocenters. The Balaban J connectivity index is 3.87. The molecule has 0 spiro atoms. The van der Waals surface area contributed by atoms with Crippen LogP contribution >= 0.6 is 0 Å². The second-order valence-electron chi connectivity index (χ2n) is 4.74. The van der Waals surface area contributed by atoms with Gasteiger partial charge in [0.2, 0.25) is 0 Å². The average molecular weight is 249 g/mol. The van der Waals surface area contributed by atoms with Crippen molar-refractivity contribution in [3.8, 4) is 0 Å². The Hall–Kier alpha value is -0.420. The molecule has 96 valence electrons. The molecule has 5 heteroatoms. The number of ether oxygens (including phenoxy) is 1. The lowest BCUT2D eigenvalue weighted by Gasteiger charge is -2.21. The van der Waals surface area contributed by atoms with Crippen LogP contribution in [0.5, 0.6) is 0 Å². The molecule has 0 aromatic heterocycles. The second-order valence-corrected chi connectivity index (χ2v) is 6.74. The summed E-state index contributed by atoms with van der Waals surface area (Å²) < 4.78 is 19.3. The Morgan fingerprint density at radius 2 is 2.00 bits per heavy atom. The van der Waals surface area contributed by atoms with Gasteiger partial charge in [-0.2, -0.15) is 0 Å². The van der Waals surface area contributed by atoms with Crippen LogP contribution in [0.1, 0.15) is 47.5 Å². The highest BCUT2D eigenvalue weighted by Crippen LogP contribution is 2.10. The van der Waals surface area contributed by atoms with E-state index in [1.165, 1.54) is 0 Å². The largest absolute Gasteiger partial charge is 0.466 e. The molecule has 0 radical (unpaired) electrons. The maximum atomic E-state index is 11.7. The fraction of sp³-hybridized carbons (Fsp3) is 0.909. The van der Waals surface area contributed by atoms with Crippen molar-refractivity contribution in [2.24, 2.45) is 0 Å². The number of hydrogen-bond acceptors (Lipinski definition) is 3. The van der Waals surface area contributed by atoms with Gasteiger partial charge in [-0.15, -0.1) is 0 Å². The van der Waals surface area contributed by atoms with Gasteiger partial charge in [0.05, 0.1) is 22.3 Å². The molecule has 0 saturated heterocycles. The van der Waals surface area contributed by atoms with Gasteiger partial charge >= 0.3 is 5.97 Å². The van der Waals surface area contributed by atoms with Crippen LogP contribution in [0.4, 0.5) is 0 Å². The third kappa shape index (κ3) is 6.95. The smallest absolute Gasteiger partial charge is 0.305 e.